The van der Waals surface area contributed by atoms with Crippen LogP contribution in [0.3, 0.4) is 0 Å². The average Bonchev–Trinajstić information content (AvgIpc) is 2.37. The zero-order chi connectivity index (χ0) is 13.9. The number of hydrogen-bond acceptors (Lipinski definition) is 4. The van der Waals surface area contributed by atoms with Gasteiger partial charge in [-0.3, -0.25) is 4.98 Å². The fourth-order valence-electron chi connectivity index (χ4n) is 1.52. The molecular formula is C13H13BrN2O2S. The lowest BCUT2D eigenvalue weighted by molar-refractivity contribution is 0.602. The molecule has 4 nitrogen and oxygen atoms in total. The number of rotatable bonds is 4. The summed E-state index contributed by atoms with van der Waals surface area (Å²) in [5.74, 6) is 0. The molecule has 0 aliphatic rings. The van der Waals surface area contributed by atoms with Crippen LogP contribution in [0, 0.1) is 0 Å². The number of anilines is 1. The molecule has 6 heteroatoms. The Bertz CT molecular complexity index is 652. The van der Waals surface area contributed by atoms with E-state index < -0.39 is 9.84 Å². The maximum absolute atomic E-state index is 11.3. The van der Waals surface area contributed by atoms with Gasteiger partial charge in [0.05, 0.1) is 17.1 Å². The van der Waals surface area contributed by atoms with Gasteiger partial charge in [0.2, 0.25) is 0 Å². The maximum Gasteiger partial charge on any atom is 0.175 e. The average molecular weight is 341 g/mol. The molecule has 0 amide bonds. The third-order valence-corrected chi connectivity index (χ3v) is 4.14. The van der Waals surface area contributed by atoms with Gasteiger partial charge in [0.25, 0.3) is 0 Å². The highest BCUT2D eigenvalue weighted by molar-refractivity contribution is 9.10. The molecule has 0 spiro atoms. The molecule has 100 valence electrons. The molecular weight excluding hydrogens is 328 g/mol. The van der Waals surface area contributed by atoms with Gasteiger partial charge >= 0.3 is 0 Å². The predicted molar refractivity (Wildman–Crippen MR) is 78.8 cm³/mol. The largest absolute Gasteiger partial charge is 0.379 e. The van der Waals surface area contributed by atoms with Gasteiger partial charge in [-0.1, -0.05) is 0 Å². The van der Waals surface area contributed by atoms with E-state index in [4.69, 9.17) is 0 Å². The predicted octanol–water partition coefficient (Wildman–Crippen LogP) is 2.86. The lowest BCUT2D eigenvalue weighted by Crippen LogP contribution is -2.02. The molecule has 0 saturated heterocycles. The first-order valence-electron chi connectivity index (χ1n) is 5.59. The minimum Gasteiger partial charge on any atom is -0.379 e. The van der Waals surface area contributed by atoms with E-state index in [9.17, 15) is 8.42 Å². The summed E-state index contributed by atoms with van der Waals surface area (Å²) in [6.07, 6.45) is 2.94. The number of aromatic nitrogens is 1. The van der Waals surface area contributed by atoms with Crippen LogP contribution in [-0.2, 0) is 16.4 Å². The van der Waals surface area contributed by atoms with Gasteiger partial charge in [0.1, 0.15) is 0 Å². The molecule has 0 atom stereocenters. The standard InChI is InChI=1S/C13H13BrN2O2S/c1-19(17,18)13-6-4-11(5-7-13)16-9-12-3-2-10(14)8-15-12/h2-8,16H,9H2,1H3. The van der Waals surface area contributed by atoms with Crippen molar-refractivity contribution in [3.05, 3.63) is 52.8 Å². The van der Waals surface area contributed by atoms with E-state index in [1.54, 1.807) is 30.5 Å². The summed E-state index contributed by atoms with van der Waals surface area (Å²) in [4.78, 5) is 4.56. The third kappa shape index (κ3) is 4.04. The lowest BCUT2D eigenvalue weighted by Gasteiger charge is -2.06. The smallest absolute Gasteiger partial charge is 0.175 e. The zero-order valence-corrected chi connectivity index (χ0v) is 12.7. The summed E-state index contributed by atoms with van der Waals surface area (Å²) in [5.41, 5.74) is 1.77. The van der Waals surface area contributed by atoms with E-state index in [0.29, 0.717) is 11.4 Å². The van der Waals surface area contributed by atoms with Crippen LogP contribution >= 0.6 is 15.9 Å². The topological polar surface area (TPSA) is 59.1 Å². The zero-order valence-electron chi connectivity index (χ0n) is 10.3. The highest BCUT2D eigenvalue weighted by atomic mass is 79.9. The van der Waals surface area contributed by atoms with Crippen molar-refractivity contribution in [3.63, 3.8) is 0 Å². The number of halogens is 1. The molecule has 2 rings (SSSR count). The molecule has 1 heterocycles. The second-order valence-corrected chi connectivity index (χ2v) is 7.05. The second-order valence-electron chi connectivity index (χ2n) is 4.12. The summed E-state index contributed by atoms with van der Waals surface area (Å²) >= 11 is 3.33. The van der Waals surface area contributed by atoms with Crippen molar-refractivity contribution < 1.29 is 8.42 Å². The van der Waals surface area contributed by atoms with Crippen LogP contribution in [0.15, 0.2) is 52.0 Å². The van der Waals surface area contributed by atoms with Crippen LogP contribution < -0.4 is 5.32 Å². The van der Waals surface area contributed by atoms with Gasteiger partial charge in [-0.15, -0.1) is 0 Å². The number of nitrogens with zero attached hydrogens (tertiary/aromatic N) is 1. The van der Waals surface area contributed by atoms with Crippen molar-refractivity contribution in [1.29, 1.82) is 0 Å². The van der Waals surface area contributed by atoms with Crippen LogP contribution in [0.1, 0.15) is 5.69 Å². The molecule has 0 fully saturated rings. The van der Waals surface area contributed by atoms with Crippen molar-refractivity contribution in [2.45, 2.75) is 11.4 Å². The minimum absolute atomic E-state index is 0.319. The number of benzene rings is 1. The number of sulfone groups is 1. The van der Waals surface area contributed by atoms with Gasteiger partial charge in [0, 0.05) is 22.6 Å². The van der Waals surface area contributed by atoms with Crippen LogP contribution in [-0.4, -0.2) is 19.7 Å². The third-order valence-electron chi connectivity index (χ3n) is 2.54. The number of nitrogens with one attached hydrogen (secondary N) is 1. The van der Waals surface area contributed by atoms with Crippen molar-refractivity contribution in [2.75, 3.05) is 11.6 Å². The molecule has 19 heavy (non-hydrogen) atoms. The van der Waals surface area contributed by atoms with Crippen molar-refractivity contribution in [3.8, 4) is 0 Å². The van der Waals surface area contributed by atoms with E-state index in [0.717, 1.165) is 15.9 Å². The van der Waals surface area contributed by atoms with Crippen molar-refractivity contribution in [2.24, 2.45) is 0 Å². The van der Waals surface area contributed by atoms with Crippen molar-refractivity contribution in [1.82, 2.24) is 4.98 Å². The second kappa shape index (κ2) is 5.71. The van der Waals surface area contributed by atoms with Gasteiger partial charge in [-0.05, 0) is 52.3 Å². The Balaban J connectivity index is 2.02. The summed E-state index contributed by atoms with van der Waals surface area (Å²) < 4.78 is 23.6. The monoisotopic (exact) mass is 340 g/mol. The fourth-order valence-corrected chi connectivity index (χ4v) is 2.39. The maximum atomic E-state index is 11.3. The normalized spacial score (nSPS) is 11.3. The highest BCUT2D eigenvalue weighted by Crippen LogP contribution is 2.15. The lowest BCUT2D eigenvalue weighted by atomic mass is 10.3. The SMILES string of the molecule is CS(=O)(=O)c1ccc(NCc2ccc(Br)cn2)cc1. The summed E-state index contributed by atoms with van der Waals surface area (Å²) in [7, 11) is -3.14. The Morgan fingerprint density at radius 1 is 1.16 bits per heavy atom. The molecule has 1 aromatic carbocycles. The van der Waals surface area contributed by atoms with Crippen LogP contribution in [0.25, 0.3) is 0 Å². The molecule has 0 saturated carbocycles. The summed E-state index contributed by atoms with van der Waals surface area (Å²) in [5, 5.41) is 3.19. The van der Waals surface area contributed by atoms with Gasteiger partial charge in [-0.25, -0.2) is 8.42 Å². The van der Waals surface area contributed by atoms with Crippen LogP contribution in [0.2, 0.25) is 0 Å². The van der Waals surface area contributed by atoms with Crippen molar-refractivity contribution >= 4 is 31.5 Å². The van der Waals surface area contributed by atoms with Gasteiger partial charge in [0.15, 0.2) is 9.84 Å². The molecule has 0 bridgehead atoms. The first kappa shape index (κ1) is 14.0. The van der Waals surface area contributed by atoms with Gasteiger partial charge < -0.3 is 5.32 Å². The summed E-state index contributed by atoms with van der Waals surface area (Å²) in [6, 6.07) is 10.5. The van der Waals surface area contributed by atoms with Crippen LogP contribution in [0.5, 0.6) is 0 Å². The Labute approximate surface area is 120 Å². The summed E-state index contributed by atoms with van der Waals surface area (Å²) in [6.45, 7) is 0.589. The Hall–Kier alpha value is -1.40. The first-order valence-corrected chi connectivity index (χ1v) is 8.28. The van der Waals surface area contributed by atoms with E-state index in [1.807, 2.05) is 12.1 Å². The fraction of sp³-hybridized carbons (Fsp3) is 0.154. The van der Waals surface area contributed by atoms with Crippen LogP contribution in [0.4, 0.5) is 5.69 Å². The Morgan fingerprint density at radius 2 is 1.84 bits per heavy atom. The van der Waals surface area contributed by atoms with E-state index in [2.05, 4.69) is 26.2 Å². The van der Waals surface area contributed by atoms with E-state index in [-0.39, 0.29) is 0 Å². The Kier molecular flexibility index (Phi) is 4.21. The number of hydrogen-bond donors (Lipinski definition) is 1. The number of pyridine rings is 1. The quantitative estimate of drug-likeness (QED) is 0.929. The molecule has 1 aromatic heterocycles. The minimum atomic E-state index is -3.14. The Morgan fingerprint density at radius 3 is 2.37 bits per heavy atom. The first-order chi connectivity index (χ1) is 8.95. The van der Waals surface area contributed by atoms with Gasteiger partial charge in [-0.2, -0.15) is 0 Å². The molecule has 1 N–H and O–H groups in total. The molecule has 0 aliphatic carbocycles. The molecule has 0 unspecified atom stereocenters. The highest BCUT2D eigenvalue weighted by Gasteiger charge is 2.05. The van der Waals surface area contributed by atoms with E-state index >= 15 is 0 Å². The molecule has 0 radical (unpaired) electrons. The molecule has 0 aliphatic heterocycles. The molecule has 2 aromatic rings. The van der Waals surface area contributed by atoms with E-state index in [1.165, 1.54) is 6.26 Å².